The summed E-state index contributed by atoms with van der Waals surface area (Å²) in [4.78, 5) is 161. The molecule has 0 aromatic rings. The summed E-state index contributed by atoms with van der Waals surface area (Å²) in [5.74, 6) is -9.19. The van der Waals surface area contributed by atoms with Crippen LogP contribution in [0.15, 0.2) is 0 Å². The van der Waals surface area contributed by atoms with Crippen molar-refractivity contribution in [2.45, 2.75) is 55.4 Å². The average molecular weight is 1070 g/mol. The maximum atomic E-state index is 13.8. The van der Waals surface area contributed by atoms with Crippen LogP contribution in [0.4, 0.5) is 0 Å². The van der Waals surface area contributed by atoms with Crippen molar-refractivity contribution in [3.63, 3.8) is 0 Å². The first-order valence-corrected chi connectivity index (χ1v) is 25.8. The summed E-state index contributed by atoms with van der Waals surface area (Å²) in [6.07, 6.45) is 0. The molecule has 0 aromatic carbocycles. The Balaban J connectivity index is 6.70. The molecule has 0 radical (unpaired) electrons. The summed E-state index contributed by atoms with van der Waals surface area (Å²) in [6, 6.07) is 0. The highest BCUT2D eigenvalue weighted by Gasteiger charge is 2.30. The lowest BCUT2D eigenvalue weighted by atomic mass is 10.3. The molecule has 0 saturated heterocycles. The van der Waals surface area contributed by atoms with E-state index in [-0.39, 0.29) is 77.5 Å². The molecule has 28 heteroatoms. The molecule has 72 heavy (non-hydrogen) atoms. The smallest absolute Gasteiger partial charge is 0.325 e. The van der Waals surface area contributed by atoms with Gasteiger partial charge in [-0.2, -0.15) is 0 Å². The fraction of sp³-hybridized carbons (Fsp3) is 0.727. The van der Waals surface area contributed by atoms with Gasteiger partial charge >= 0.3 is 47.8 Å². The number of esters is 8. The number of nitrogens with zero attached hydrogens (tertiary/aromatic N) is 6. The summed E-state index contributed by atoms with van der Waals surface area (Å²) in [5, 5.41) is 0. The van der Waals surface area contributed by atoms with E-state index in [0.717, 1.165) is 19.6 Å². The number of ether oxygens (including phenoxy) is 8. The maximum absolute atomic E-state index is 13.8. The molecule has 0 atom stereocenters. The minimum absolute atomic E-state index is 0.0102. The van der Waals surface area contributed by atoms with Gasteiger partial charge in [0.1, 0.15) is 52.4 Å². The first-order valence-electron chi connectivity index (χ1n) is 23.4. The molecule has 0 spiro atoms. The van der Waals surface area contributed by atoms with Gasteiger partial charge in [-0.15, -0.1) is 0 Å². The summed E-state index contributed by atoms with van der Waals surface area (Å²) in [5.41, 5.74) is 0. The highest BCUT2D eigenvalue weighted by atomic mass is 33.1. The van der Waals surface area contributed by atoms with Gasteiger partial charge in [0.2, 0.25) is 23.6 Å². The Morgan fingerprint density at radius 2 is 0.417 bits per heavy atom. The molecule has 0 bridgehead atoms. The first kappa shape index (κ1) is 66.3. The first-order chi connectivity index (χ1) is 34.3. The van der Waals surface area contributed by atoms with E-state index >= 15 is 0 Å². The number of rotatable bonds is 39. The van der Waals surface area contributed by atoms with Gasteiger partial charge in [0.15, 0.2) is 0 Å². The molecule has 4 amide bonds. The van der Waals surface area contributed by atoms with Crippen molar-refractivity contribution >= 4 is 93.0 Å². The second-order valence-electron chi connectivity index (χ2n) is 14.5. The van der Waals surface area contributed by atoms with Crippen LogP contribution >= 0.6 is 21.6 Å². The molecule has 0 aliphatic rings. The molecule has 0 aromatic heterocycles. The highest BCUT2D eigenvalue weighted by molar-refractivity contribution is 8.76. The van der Waals surface area contributed by atoms with E-state index in [9.17, 15) is 57.5 Å². The summed E-state index contributed by atoms with van der Waals surface area (Å²) in [6.45, 7) is 5.22. The van der Waals surface area contributed by atoms with Crippen molar-refractivity contribution in [1.82, 2.24) is 29.4 Å². The van der Waals surface area contributed by atoms with Gasteiger partial charge in [0.05, 0.1) is 79.0 Å². The van der Waals surface area contributed by atoms with E-state index in [1.165, 1.54) is 31.4 Å². The maximum Gasteiger partial charge on any atom is 0.325 e. The van der Waals surface area contributed by atoms with E-state index in [1.54, 1.807) is 55.4 Å². The minimum Gasteiger partial charge on any atom is -0.465 e. The Bertz CT molecular complexity index is 1460. The standard InChI is InChI=1S/C44H72N6O20S2/c1-9-63-37(55)25-47(26-38(56)64-10-2)33(51)21-45(22-34(52)48(27-39(57)65-11-3)28-40(58)66-12-4)17-19-71-72-20-18-46(23-35(53)49(29-41(59)67-13-5)30-42(60)68-14-6)24-36(54)50(31-43(61)69-15-7)32-44(62)70-16-8/h9-32H2,1-8H3. The Morgan fingerprint density at radius 3 is 0.556 bits per heavy atom. The SMILES string of the molecule is CCOC(=O)CN(CC(=O)OCC)C(=O)CN(CCSSCCN(CC(=O)N(CC(=O)OCC)CC(=O)OCC)CC(=O)N(CC(=O)OCC)CC(=O)OCC)CC(=O)N(CC(=O)OCC)CC(=O)OCC. The zero-order chi connectivity index (χ0) is 54.4. The quantitative estimate of drug-likeness (QED) is 0.0302. The second kappa shape index (κ2) is 39.8. The summed E-state index contributed by atoms with van der Waals surface area (Å²) >= 11 is 0. The van der Waals surface area contributed by atoms with Gasteiger partial charge in [-0.1, -0.05) is 21.6 Å². The van der Waals surface area contributed by atoms with Crippen LogP contribution in [-0.2, 0) is 95.4 Å². The zero-order valence-electron chi connectivity index (χ0n) is 42.6. The monoisotopic (exact) mass is 1070 g/mol. The van der Waals surface area contributed by atoms with E-state index in [2.05, 4.69) is 0 Å². The molecule has 0 aliphatic carbocycles. The summed E-state index contributed by atoms with van der Waals surface area (Å²) in [7, 11) is 2.47. The van der Waals surface area contributed by atoms with Crippen LogP contribution in [0.1, 0.15) is 55.4 Å². The van der Waals surface area contributed by atoms with E-state index in [0.29, 0.717) is 0 Å². The van der Waals surface area contributed by atoms with Gasteiger partial charge in [-0.05, 0) is 55.4 Å². The fourth-order valence-corrected chi connectivity index (χ4v) is 7.93. The normalized spacial score (nSPS) is 10.6. The van der Waals surface area contributed by atoms with E-state index < -0.39 is 150 Å². The molecule has 26 nitrogen and oxygen atoms in total. The van der Waals surface area contributed by atoms with Crippen LogP contribution in [0.5, 0.6) is 0 Å². The molecule has 410 valence electrons. The van der Waals surface area contributed by atoms with Gasteiger partial charge in [-0.3, -0.25) is 67.3 Å². The minimum atomic E-state index is -0.811. The number of amides is 4. The van der Waals surface area contributed by atoms with Crippen LogP contribution in [0.3, 0.4) is 0 Å². The third-order valence-electron chi connectivity index (χ3n) is 8.91. The third kappa shape index (κ3) is 30.9. The van der Waals surface area contributed by atoms with Gasteiger partial charge < -0.3 is 57.5 Å². The Labute approximate surface area is 427 Å². The third-order valence-corrected chi connectivity index (χ3v) is 11.3. The van der Waals surface area contributed by atoms with Crippen molar-refractivity contribution in [1.29, 1.82) is 0 Å². The zero-order valence-corrected chi connectivity index (χ0v) is 44.3. The van der Waals surface area contributed by atoms with Crippen LogP contribution in [0.2, 0.25) is 0 Å². The van der Waals surface area contributed by atoms with Crippen LogP contribution < -0.4 is 0 Å². The second-order valence-corrected chi connectivity index (χ2v) is 17.2. The molecule has 0 heterocycles. The number of carbonyl (C=O) groups excluding carboxylic acids is 12. The number of hydrogen-bond donors (Lipinski definition) is 0. The van der Waals surface area contributed by atoms with Crippen LogP contribution in [0, 0.1) is 0 Å². The van der Waals surface area contributed by atoms with Crippen molar-refractivity contribution in [3.8, 4) is 0 Å². The van der Waals surface area contributed by atoms with E-state index in [1.807, 2.05) is 0 Å². The van der Waals surface area contributed by atoms with Gasteiger partial charge in [-0.25, -0.2) is 0 Å². The molecule has 0 unspecified atom stereocenters. The topological polar surface area (TPSA) is 298 Å². The van der Waals surface area contributed by atoms with Gasteiger partial charge in [0, 0.05) is 24.6 Å². The predicted molar refractivity (Wildman–Crippen MR) is 257 cm³/mol. The van der Waals surface area contributed by atoms with Crippen molar-refractivity contribution in [2.24, 2.45) is 0 Å². The van der Waals surface area contributed by atoms with Crippen LogP contribution in [-0.4, -0.2) is 257 Å². The molecule has 0 rings (SSSR count). The largest absolute Gasteiger partial charge is 0.465 e. The van der Waals surface area contributed by atoms with E-state index in [4.69, 9.17) is 37.9 Å². The van der Waals surface area contributed by atoms with Crippen molar-refractivity contribution in [2.75, 3.05) is 156 Å². The lowest BCUT2D eigenvalue weighted by Crippen LogP contribution is -2.50. The van der Waals surface area contributed by atoms with Crippen LogP contribution in [0.25, 0.3) is 0 Å². The molecular formula is C44H72N6O20S2. The lowest BCUT2D eigenvalue weighted by Gasteiger charge is -2.29. The Kier molecular flexibility index (Phi) is 36.6. The molecule has 0 fully saturated rings. The highest BCUT2D eigenvalue weighted by Crippen LogP contribution is 2.21. The molecule has 0 aliphatic heterocycles. The number of carbonyl (C=O) groups is 12. The van der Waals surface area contributed by atoms with Crippen molar-refractivity contribution in [3.05, 3.63) is 0 Å². The Morgan fingerprint density at radius 1 is 0.264 bits per heavy atom. The van der Waals surface area contributed by atoms with Crippen molar-refractivity contribution < 1.29 is 95.4 Å². The summed E-state index contributed by atoms with van der Waals surface area (Å²) < 4.78 is 39.9. The molecular weight excluding hydrogens is 997 g/mol. The van der Waals surface area contributed by atoms with Gasteiger partial charge in [0.25, 0.3) is 0 Å². The molecule has 0 N–H and O–H groups in total. The lowest BCUT2D eigenvalue weighted by molar-refractivity contribution is -0.156. The molecule has 0 saturated carbocycles. The number of hydrogen-bond acceptors (Lipinski definition) is 24. The average Bonchev–Trinajstić information content (AvgIpc) is 3.29. The fourth-order valence-electron chi connectivity index (χ4n) is 5.87. The Hall–Kier alpha value is -5.74. The predicted octanol–water partition coefficient (Wildman–Crippen LogP) is -1.21.